The monoisotopic (exact) mass is 233 g/mol. The molecule has 0 fully saturated rings. The van der Waals surface area contributed by atoms with Crippen molar-refractivity contribution < 1.29 is 4.79 Å². The maximum atomic E-state index is 11.4. The molecule has 0 saturated carbocycles. The fourth-order valence-electron chi connectivity index (χ4n) is 2.27. The fourth-order valence-corrected chi connectivity index (χ4v) is 2.27. The number of amides is 1. The van der Waals surface area contributed by atoms with E-state index in [1.807, 2.05) is 6.07 Å². The molecule has 4 heteroatoms. The van der Waals surface area contributed by atoms with Gasteiger partial charge >= 0.3 is 0 Å². The zero-order valence-electron chi connectivity index (χ0n) is 10.2. The Morgan fingerprint density at radius 3 is 3.06 bits per heavy atom. The van der Waals surface area contributed by atoms with Crippen LogP contribution in [0.1, 0.15) is 17.5 Å². The Bertz CT molecular complexity index is 417. The Morgan fingerprint density at radius 1 is 1.53 bits per heavy atom. The molecule has 1 heterocycles. The number of aryl methyl sites for hydroxylation is 1. The summed E-state index contributed by atoms with van der Waals surface area (Å²) in [5.74, 6) is 0.0563. The summed E-state index contributed by atoms with van der Waals surface area (Å²) >= 11 is 0. The molecule has 0 spiro atoms. The van der Waals surface area contributed by atoms with Crippen LogP contribution >= 0.6 is 0 Å². The minimum atomic E-state index is 0.0563. The largest absolute Gasteiger partial charge is 0.362 e. The zero-order valence-corrected chi connectivity index (χ0v) is 10.2. The van der Waals surface area contributed by atoms with Crippen molar-refractivity contribution in [2.45, 2.75) is 19.4 Å². The van der Waals surface area contributed by atoms with E-state index < -0.39 is 0 Å². The number of anilines is 1. The van der Waals surface area contributed by atoms with Crippen LogP contribution in [0.3, 0.4) is 0 Å². The number of fused-ring (bicyclic) bond motifs is 1. The summed E-state index contributed by atoms with van der Waals surface area (Å²) in [6, 6.07) is 6.28. The number of benzene rings is 1. The third-order valence-corrected chi connectivity index (χ3v) is 3.21. The zero-order chi connectivity index (χ0) is 12.3. The lowest BCUT2D eigenvalue weighted by atomic mass is 9.99. The normalized spacial score (nSPS) is 14.4. The molecule has 0 unspecified atom stereocenters. The van der Waals surface area contributed by atoms with Gasteiger partial charge in [0.25, 0.3) is 0 Å². The van der Waals surface area contributed by atoms with E-state index >= 15 is 0 Å². The van der Waals surface area contributed by atoms with E-state index in [1.54, 1.807) is 7.05 Å². The summed E-state index contributed by atoms with van der Waals surface area (Å²) in [5, 5.41) is 2.67. The van der Waals surface area contributed by atoms with E-state index in [4.69, 9.17) is 5.73 Å². The van der Waals surface area contributed by atoms with Gasteiger partial charge in [-0.3, -0.25) is 4.79 Å². The van der Waals surface area contributed by atoms with Gasteiger partial charge in [-0.1, -0.05) is 12.1 Å². The van der Waals surface area contributed by atoms with Gasteiger partial charge in [0.05, 0.1) is 6.54 Å². The van der Waals surface area contributed by atoms with Crippen LogP contribution < -0.4 is 16.0 Å². The minimum Gasteiger partial charge on any atom is -0.362 e. The number of nitrogens with one attached hydrogen (secondary N) is 1. The van der Waals surface area contributed by atoms with Crippen molar-refractivity contribution >= 4 is 11.6 Å². The number of nitrogens with zero attached hydrogens (tertiary/aromatic N) is 1. The molecule has 17 heavy (non-hydrogen) atoms. The van der Waals surface area contributed by atoms with Crippen molar-refractivity contribution in [1.82, 2.24) is 5.32 Å². The molecule has 0 aliphatic carbocycles. The van der Waals surface area contributed by atoms with Crippen LogP contribution in [0.15, 0.2) is 18.2 Å². The van der Waals surface area contributed by atoms with Gasteiger partial charge in [-0.25, -0.2) is 0 Å². The lowest BCUT2D eigenvalue weighted by Crippen LogP contribution is -2.38. The highest BCUT2D eigenvalue weighted by molar-refractivity contribution is 5.81. The highest BCUT2D eigenvalue weighted by Gasteiger charge is 2.18. The first-order valence-electron chi connectivity index (χ1n) is 6.02. The van der Waals surface area contributed by atoms with Gasteiger partial charge in [-0.15, -0.1) is 0 Å². The summed E-state index contributed by atoms with van der Waals surface area (Å²) < 4.78 is 0. The number of hydrogen-bond donors (Lipinski definition) is 2. The average molecular weight is 233 g/mol. The standard InChI is InChI=1S/C13H19N3O/c1-15-13(17)9-16-6-2-3-11-7-10(8-14)4-5-12(11)16/h4-5,7H,2-3,6,8-9,14H2,1H3,(H,15,17). The molecular formula is C13H19N3O. The van der Waals surface area contributed by atoms with Crippen LogP contribution in [-0.2, 0) is 17.8 Å². The predicted octanol–water partition coefficient (Wildman–Crippen LogP) is 0.644. The number of hydrogen-bond acceptors (Lipinski definition) is 3. The first-order chi connectivity index (χ1) is 8.24. The highest BCUT2D eigenvalue weighted by atomic mass is 16.1. The van der Waals surface area contributed by atoms with E-state index in [9.17, 15) is 4.79 Å². The van der Waals surface area contributed by atoms with E-state index in [1.165, 1.54) is 11.3 Å². The molecule has 0 aromatic heterocycles. The Hall–Kier alpha value is -1.55. The second-order valence-corrected chi connectivity index (χ2v) is 4.37. The number of rotatable bonds is 3. The van der Waals surface area contributed by atoms with E-state index in [2.05, 4.69) is 22.3 Å². The van der Waals surface area contributed by atoms with Gasteiger partial charge < -0.3 is 16.0 Å². The molecule has 1 aliphatic heterocycles. The summed E-state index contributed by atoms with van der Waals surface area (Å²) in [7, 11) is 1.67. The smallest absolute Gasteiger partial charge is 0.239 e. The highest BCUT2D eigenvalue weighted by Crippen LogP contribution is 2.27. The third-order valence-electron chi connectivity index (χ3n) is 3.21. The Morgan fingerprint density at radius 2 is 2.35 bits per heavy atom. The van der Waals surface area contributed by atoms with E-state index in [0.29, 0.717) is 13.1 Å². The van der Waals surface area contributed by atoms with Crippen molar-refractivity contribution in [2.24, 2.45) is 5.73 Å². The van der Waals surface area contributed by atoms with Crippen LogP contribution in [0.4, 0.5) is 5.69 Å². The Kier molecular flexibility index (Phi) is 3.64. The van der Waals surface area contributed by atoms with Crippen LogP contribution in [0.25, 0.3) is 0 Å². The molecule has 2 rings (SSSR count). The lowest BCUT2D eigenvalue weighted by Gasteiger charge is -2.30. The Labute approximate surface area is 102 Å². The maximum Gasteiger partial charge on any atom is 0.239 e. The number of carbonyl (C=O) groups excluding carboxylic acids is 1. The molecule has 1 amide bonds. The molecule has 0 saturated heterocycles. The van der Waals surface area contributed by atoms with Gasteiger partial charge in [-0.05, 0) is 30.0 Å². The first-order valence-corrected chi connectivity index (χ1v) is 6.02. The minimum absolute atomic E-state index is 0.0563. The molecule has 92 valence electrons. The molecular weight excluding hydrogens is 214 g/mol. The lowest BCUT2D eigenvalue weighted by molar-refractivity contribution is -0.119. The van der Waals surface area contributed by atoms with Crippen LogP contribution in [0, 0.1) is 0 Å². The average Bonchev–Trinajstić information content (AvgIpc) is 2.38. The Balaban J connectivity index is 2.22. The third kappa shape index (κ3) is 2.58. The molecule has 0 bridgehead atoms. The first kappa shape index (κ1) is 11.9. The van der Waals surface area contributed by atoms with Gasteiger partial charge in [0.15, 0.2) is 0 Å². The van der Waals surface area contributed by atoms with Gasteiger partial charge in [0, 0.05) is 25.8 Å². The second kappa shape index (κ2) is 5.19. The molecule has 0 radical (unpaired) electrons. The van der Waals surface area contributed by atoms with Crippen molar-refractivity contribution in [3.63, 3.8) is 0 Å². The SMILES string of the molecule is CNC(=O)CN1CCCc2cc(CN)ccc21. The predicted molar refractivity (Wildman–Crippen MR) is 68.9 cm³/mol. The van der Waals surface area contributed by atoms with Crippen molar-refractivity contribution in [3.05, 3.63) is 29.3 Å². The molecule has 1 aromatic rings. The van der Waals surface area contributed by atoms with Gasteiger partial charge in [0.1, 0.15) is 0 Å². The van der Waals surface area contributed by atoms with Gasteiger partial charge in [0.2, 0.25) is 5.91 Å². The summed E-state index contributed by atoms with van der Waals surface area (Å²) in [6.45, 7) is 1.95. The van der Waals surface area contributed by atoms with Gasteiger partial charge in [-0.2, -0.15) is 0 Å². The van der Waals surface area contributed by atoms with E-state index in [-0.39, 0.29) is 5.91 Å². The number of nitrogens with two attached hydrogens (primary N) is 1. The van der Waals surface area contributed by atoms with Crippen LogP contribution in [0.5, 0.6) is 0 Å². The summed E-state index contributed by atoms with van der Waals surface area (Å²) in [4.78, 5) is 13.6. The number of likely N-dealkylation sites (N-methyl/N-ethyl adjacent to an activating group) is 1. The summed E-state index contributed by atoms with van der Waals surface area (Å²) in [5.41, 5.74) is 9.29. The van der Waals surface area contributed by atoms with Crippen LogP contribution in [0.2, 0.25) is 0 Å². The van der Waals surface area contributed by atoms with Crippen molar-refractivity contribution in [3.8, 4) is 0 Å². The molecule has 1 aliphatic rings. The van der Waals surface area contributed by atoms with Crippen molar-refractivity contribution in [1.29, 1.82) is 0 Å². The quantitative estimate of drug-likeness (QED) is 0.805. The summed E-state index contributed by atoms with van der Waals surface area (Å²) in [6.07, 6.45) is 2.17. The van der Waals surface area contributed by atoms with Crippen molar-refractivity contribution in [2.75, 3.05) is 25.0 Å². The van der Waals surface area contributed by atoms with Crippen LogP contribution in [-0.4, -0.2) is 26.0 Å². The number of carbonyl (C=O) groups is 1. The topological polar surface area (TPSA) is 58.4 Å². The molecule has 0 atom stereocenters. The van der Waals surface area contributed by atoms with E-state index in [0.717, 1.165) is 24.9 Å². The molecule has 3 N–H and O–H groups in total. The second-order valence-electron chi connectivity index (χ2n) is 4.37. The molecule has 4 nitrogen and oxygen atoms in total. The maximum absolute atomic E-state index is 11.4. The molecule has 1 aromatic carbocycles. The fraction of sp³-hybridized carbons (Fsp3) is 0.462.